The Hall–Kier alpha value is -3.57. The minimum Gasteiger partial charge on any atom is -0.439 e. The number of pyridine rings is 1. The maximum atomic E-state index is 13.5. The predicted octanol–water partition coefficient (Wildman–Crippen LogP) is 3.18. The van der Waals surface area contributed by atoms with Gasteiger partial charge in [-0.15, -0.1) is 0 Å². The highest BCUT2D eigenvalue weighted by Crippen LogP contribution is 2.48. The largest absolute Gasteiger partial charge is 0.439 e. The number of thioether (sulfide) groups is 1. The molecule has 0 saturated carbocycles. The number of carbonyl (C=O) groups excluding carboxylic acids is 3. The summed E-state index contributed by atoms with van der Waals surface area (Å²) in [6.07, 6.45) is 4.61. The Morgan fingerprint density at radius 2 is 2.03 bits per heavy atom. The molecule has 1 aromatic carbocycles. The highest BCUT2D eigenvalue weighted by Gasteiger charge is 2.51. The van der Waals surface area contributed by atoms with Gasteiger partial charge in [-0.1, -0.05) is 24.8 Å². The van der Waals surface area contributed by atoms with Crippen LogP contribution in [0.15, 0.2) is 59.3 Å². The van der Waals surface area contributed by atoms with E-state index in [1.54, 1.807) is 12.3 Å². The summed E-state index contributed by atoms with van der Waals surface area (Å²) < 4.78 is 5.81. The fraction of sp³-hybridized carbons (Fsp3) is 0.429. The van der Waals surface area contributed by atoms with Crippen LogP contribution in [-0.2, 0) is 9.59 Å². The zero-order valence-corrected chi connectivity index (χ0v) is 22.6. The van der Waals surface area contributed by atoms with Crippen LogP contribution in [0.3, 0.4) is 0 Å². The highest BCUT2D eigenvalue weighted by molar-refractivity contribution is 8.04. The van der Waals surface area contributed by atoms with E-state index in [0.717, 1.165) is 38.0 Å². The van der Waals surface area contributed by atoms with E-state index in [1.807, 2.05) is 53.1 Å². The fourth-order valence-electron chi connectivity index (χ4n) is 5.92. The zero-order valence-electron chi connectivity index (χ0n) is 21.8. The molecule has 3 unspecified atom stereocenters. The lowest BCUT2D eigenvalue weighted by Crippen LogP contribution is -2.62. The van der Waals surface area contributed by atoms with Gasteiger partial charge in [0, 0.05) is 55.1 Å². The average Bonchev–Trinajstić information content (AvgIpc) is 3.33. The lowest BCUT2D eigenvalue weighted by molar-refractivity contribution is -0.133. The molecule has 3 fully saturated rings. The van der Waals surface area contributed by atoms with E-state index in [9.17, 15) is 14.4 Å². The number of nitrogens with one attached hydrogen (secondary N) is 3. The van der Waals surface area contributed by atoms with Crippen molar-refractivity contribution in [3.63, 3.8) is 0 Å². The van der Waals surface area contributed by atoms with Crippen LogP contribution in [0.25, 0.3) is 0 Å². The van der Waals surface area contributed by atoms with Crippen molar-refractivity contribution < 1.29 is 19.1 Å². The quantitative estimate of drug-likeness (QED) is 0.508. The first-order chi connectivity index (χ1) is 19.0. The first-order valence-corrected chi connectivity index (χ1v) is 14.4. The lowest BCUT2D eigenvalue weighted by atomic mass is 9.86. The Kier molecular flexibility index (Phi) is 7.18. The summed E-state index contributed by atoms with van der Waals surface area (Å²) in [4.78, 5) is 47.5. The topological polar surface area (TPSA) is 116 Å². The minimum atomic E-state index is -0.240. The molecule has 1 aromatic heterocycles. The molecule has 0 spiro atoms. The van der Waals surface area contributed by atoms with Crippen LogP contribution in [0.4, 0.5) is 10.5 Å². The van der Waals surface area contributed by atoms with Crippen molar-refractivity contribution in [2.24, 2.45) is 5.92 Å². The van der Waals surface area contributed by atoms with Crippen LogP contribution in [0.5, 0.6) is 11.6 Å². The molecule has 5 heterocycles. The smallest absolute Gasteiger partial charge is 0.326 e. The number of aromatic nitrogens is 1. The molecule has 4 amide bonds. The fourth-order valence-corrected chi connectivity index (χ4v) is 7.32. The van der Waals surface area contributed by atoms with Crippen molar-refractivity contribution in [1.29, 1.82) is 0 Å². The third-order valence-corrected chi connectivity index (χ3v) is 9.09. The number of carbonyl (C=O) groups is 3. The number of hydrogen-bond acceptors (Lipinski definition) is 7. The van der Waals surface area contributed by atoms with E-state index in [1.165, 1.54) is 11.8 Å². The third kappa shape index (κ3) is 5.08. The first-order valence-electron chi connectivity index (χ1n) is 13.5. The summed E-state index contributed by atoms with van der Waals surface area (Å²) in [5.41, 5.74) is 1.48. The van der Waals surface area contributed by atoms with Gasteiger partial charge < -0.3 is 25.6 Å². The molecule has 3 saturated heterocycles. The summed E-state index contributed by atoms with van der Waals surface area (Å²) in [5.74, 6) is 1.04. The Labute approximate surface area is 231 Å². The van der Waals surface area contributed by atoms with E-state index < -0.39 is 0 Å². The Bertz CT molecular complexity index is 1290. The third-order valence-electron chi connectivity index (χ3n) is 7.73. The molecular formula is C28H32N6O4S. The molecule has 4 atom stereocenters. The second-order valence-electron chi connectivity index (χ2n) is 10.2. The molecule has 0 bridgehead atoms. The van der Waals surface area contributed by atoms with Crippen molar-refractivity contribution in [2.75, 3.05) is 24.5 Å². The highest BCUT2D eigenvalue weighted by atomic mass is 32.2. The number of anilines is 1. The molecule has 6 rings (SSSR count). The second-order valence-corrected chi connectivity index (χ2v) is 11.3. The van der Waals surface area contributed by atoms with Crippen LogP contribution < -0.4 is 25.6 Å². The van der Waals surface area contributed by atoms with Crippen LogP contribution in [0, 0.1) is 5.92 Å². The number of hydrogen-bond donors (Lipinski definition) is 3. The van der Waals surface area contributed by atoms with Gasteiger partial charge in [-0.2, -0.15) is 0 Å². The second kappa shape index (κ2) is 10.9. The van der Waals surface area contributed by atoms with Crippen LogP contribution in [-0.4, -0.2) is 64.8 Å². The molecule has 4 aliphatic rings. The monoisotopic (exact) mass is 548 g/mol. The summed E-state index contributed by atoms with van der Waals surface area (Å²) in [5, 5.41) is 9.73. The number of nitrogens with zero attached hydrogens (tertiary/aromatic N) is 3. The van der Waals surface area contributed by atoms with E-state index in [-0.39, 0.29) is 41.2 Å². The van der Waals surface area contributed by atoms with E-state index in [0.29, 0.717) is 35.2 Å². The zero-order chi connectivity index (χ0) is 26.9. The molecule has 4 aliphatic heterocycles. The predicted molar refractivity (Wildman–Crippen MR) is 148 cm³/mol. The van der Waals surface area contributed by atoms with Crippen molar-refractivity contribution in [3.05, 3.63) is 59.3 Å². The van der Waals surface area contributed by atoms with Gasteiger partial charge in [-0.05, 0) is 56.1 Å². The normalized spacial score (nSPS) is 26.1. The first kappa shape index (κ1) is 25.7. The van der Waals surface area contributed by atoms with Gasteiger partial charge in [0.15, 0.2) is 0 Å². The van der Waals surface area contributed by atoms with E-state index >= 15 is 0 Å². The summed E-state index contributed by atoms with van der Waals surface area (Å²) in [6, 6.07) is 12.5. The molecule has 2 aromatic rings. The number of ether oxygens (including phenoxy) is 1. The number of urea groups is 1. The van der Waals surface area contributed by atoms with Crippen molar-refractivity contribution in [3.8, 4) is 11.6 Å². The average molecular weight is 549 g/mol. The summed E-state index contributed by atoms with van der Waals surface area (Å²) in [6.45, 7) is 3.87. The SMILES string of the molecule is CCC(=O)N1CCC[C@@H](NC(=O)C2=C3NC(=O)N(c4ccc(Oc5ccccn5)cc4)C4CCNC(S2)C34)C1. The van der Waals surface area contributed by atoms with Gasteiger partial charge in [-0.3, -0.25) is 14.5 Å². The molecule has 39 heavy (non-hydrogen) atoms. The molecule has 204 valence electrons. The van der Waals surface area contributed by atoms with Crippen molar-refractivity contribution in [1.82, 2.24) is 25.8 Å². The molecular weight excluding hydrogens is 516 g/mol. The maximum Gasteiger partial charge on any atom is 0.326 e. The van der Waals surface area contributed by atoms with Crippen molar-refractivity contribution in [2.45, 2.75) is 50.1 Å². The standard InChI is InChI=1S/C28H32N6O4S/c1-2-22(35)33-15-5-6-17(16-33)31-26(36)25-24-23-20(12-14-30-27(23)39-25)34(28(37)32-24)18-8-10-19(11-9-18)38-21-7-3-4-13-29-21/h3-4,7-11,13,17,20,23,27,30H,2,5-6,12,14-16H2,1H3,(H,31,36)(H,32,37)/t17-,20?,23?,27?/m1/s1. The van der Waals surface area contributed by atoms with E-state index in [2.05, 4.69) is 20.9 Å². The van der Waals surface area contributed by atoms with Crippen LogP contribution in [0.1, 0.15) is 32.6 Å². The van der Waals surface area contributed by atoms with Crippen LogP contribution >= 0.6 is 11.8 Å². The summed E-state index contributed by atoms with van der Waals surface area (Å²) >= 11 is 1.49. The number of rotatable bonds is 6. The molecule has 0 aliphatic carbocycles. The number of benzene rings is 1. The molecule has 11 heteroatoms. The van der Waals surface area contributed by atoms with Gasteiger partial charge in [0.1, 0.15) is 5.75 Å². The number of piperidine rings is 2. The molecule has 3 N–H and O–H groups in total. The van der Waals surface area contributed by atoms with Gasteiger partial charge in [0.25, 0.3) is 5.91 Å². The van der Waals surface area contributed by atoms with Gasteiger partial charge in [-0.25, -0.2) is 9.78 Å². The molecule has 0 radical (unpaired) electrons. The van der Waals surface area contributed by atoms with Gasteiger partial charge in [0.2, 0.25) is 11.8 Å². The Morgan fingerprint density at radius 3 is 2.79 bits per heavy atom. The summed E-state index contributed by atoms with van der Waals surface area (Å²) in [7, 11) is 0. The molecule has 10 nitrogen and oxygen atoms in total. The number of likely N-dealkylation sites (tertiary alicyclic amines) is 1. The van der Waals surface area contributed by atoms with Gasteiger partial charge in [0.05, 0.1) is 16.3 Å². The van der Waals surface area contributed by atoms with Crippen molar-refractivity contribution >= 4 is 35.3 Å². The Morgan fingerprint density at radius 1 is 1.18 bits per heavy atom. The minimum absolute atomic E-state index is 0.00103. The Balaban J connectivity index is 1.19. The van der Waals surface area contributed by atoms with Crippen LogP contribution in [0.2, 0.25) is 0 Å². The van der Waals surface area contributed by atoms with Gasteiger partial charge >= 0.3 is 6.03 Å². The van der Waals surface area contributed by atoms with E-state index in [4.69, 9.17) is 4.74 Å². The lowest BCUT2D eigenvalue weighted by Gasteiger charge is -2.45. The maximum absolute atomic E-state index is 13.5. The number of amides is 4.